The standard InChI is InChI=1S/C21H22BrN5O3S/c22-17-5-7-18(8-6-17)31(29,30)27-11-9-26(10-12-27)15-21(28)25-24-14-16-13-23-20-4-2-1-3-19(16)20/h1-8,13-14,23H,9-12,15H2,(H,25,28). The van der Waals surface area contributed by atoms with Crippen molar-refractivity contribution in [3.63, 3.8) is 0 Å². The maximum Gasteiger partial charge on any atom is 0.254 e. The number of halogens is 1. The first kappa shape index (κ1) is 21.7. The number of hydrazone groups is 1. The first-order chi connectivity index (χ1) is 14.9. The summed E-state index contributed by atoms with van der Waals surface area (Å²) >= 11 is 3.31. The summed E-state index contributed by atoms with van der Waals surface area (Å²) in [6.07, 6.45) is 3.45. The molecular weight excluding hydrogens is 482 g/mol. The molecular formula is C21H22BrN5O3S. The van der Waals surface area contributed by atoms with Crippen molar-refractivity contribution in [2.75, 3.05) is 32.7 Å². The zero-order valence-electron chi connectivity index (χ0n) is 16.7. The summed E-state index contributed by atoms with van der Waals surface area (Å²) in [6, 6.07) is 14.5. The summed E-state index contributed by atoms with van der Waals surface area (Å²) in [5, 5.41) is 5.08. The van der Waals surface area contributed by atoms with Crippen LogP contribution in [0.15, 0.2) is 69.2 Å². The molecule has 1 fully saturated rings. The smallest absolute Gasteiger partial charge is 0.254 e. The van der Waals surface area contributed by atoms with Crippen LogP contribution in [0.4, 0.5) is 0 Å². The summed E-state index contributed by atoms with van der Waals surface area (Å²) in [6.45, 7) is 1.80. The van der Waals surface area contributed by atoms with Crippen molar-refractivity contribution >= 4 is 49.0 Å². The van der Waals surface area contributed by atoms with Gasteiger partial charge in [0.2, 0.25) is 10.0 Å². The minimum absolute atomic E-state index is 0.164. The van der Waals surface area contributed by atoms with E-state index >= 15 is 0 Å². The fourth-order valence-corrected chi connectivity index (χ4v) is 5.18. The normalized spacial score (nSPS) is 16.2. The van der Waals surface area contributed by atoms with E-state index in [0.29, 0.717) is 26.2 Å². The molecule has 2 N–H and O–H groups in total. The van der Waals surface area contributed by atoms with Gasteiger partial charge in [-0.25, -0.2) is 13.8 Å². The van der Waals surface area contributed by atoms with Gasteiger partial charge >= 0.3 is 0 Å². The van der Waals surface area contributed by atoms with Gasteiger partial charge in [-0.05, 0) is 30.3 Å². The molecule has 1 aromatic heterocycles. The molecule has 8 nitrogen and oxygen atoms in total. The van der Waals surface area contributed by atoms with Crippen LogP contribution < -0.4 is 5.43 Å². The maximum atomic E-state index is 12.8. The highest BCUT2D eigenvalue weighted by atomic mass is 79.9. The second kappa shape index (κ2) is 9.31. The number of hydrogen-bond donors (Lipinski definition) is 2. The third-order valence-electron chi connectivity index (χ3n) is 5.16. The molecule has 1 saturated heterocycles. The highest BCUT2D eigenvalue weighted by Gasteiger charge is 2.28. The van der Waals surface area contributed by atoms with Crippen LogP contribution in [0.5, 0.6) is 0 Å². The summed E-state index contributed by atoms with van der Waals surface area (Å²) in [7, 11) is -3.53. The number of nitrogens with one attached hydrogen (secondary N) is 2. The van der Waals surface area contributed by atoms with Gasteiger partial charge in [0, 0.05) is 53.3 Å². The Kier molecular flexibility index (Phi) is 6.51. The predicted molar refractivity (Wildman–Crippen MR) is 123 cm³/mol. The molecule has 3 aromatic rings. The molecule has 31 heavy (non-hydrogen) atoms. The number of rotatable bonds is 6. The summed E-state index contributed by atoms with van der Waals surface area (Å²) < 4.78 is 27.8. The summed E-state index contributed by atoms with van der Waals surface area (Å²) in [4.78, 5) is 17.6. The largest absolute Gasteiger partial charge is 0.361 e. The maximum absolute atomic E-state index is 12.8. The van der Waals surface area contributed by atoms with Crippen LogP contribution in [0.25, 0.3) is 10.9 Å². The van der Waals surface area contributed by atoms with Crippen molar-refractivity contribution in [2.24, 2.45) is 5.10 Å². The number of amides is 1. The number of piperazine rings is 1. The third-order valence-corrected chi connectivity index (χ3v) is 7.61. The van der Waals surface area contributed by atoms with Crippen LogP contribution in [0.2, 0.25) is 0 Å². The van der Waals surface area contributed by atoms with Gasteiger partial charge in [0.15, 0.2) is 0 Å². The quantitative estimate of drug-likeness (QED) is 0.398. The number of benzene rings is 2. The van der Waals surface area contributed by atoms with Crippen LogP contribution in [0, 0.1) is 0 Å². The summed E-state index contributed by atoms with van der Waals surface area (Å²) in [5.74, 6) is -0.236. The van der Waals surface area contributed by atoms with Crippen molar-refractivity contribution in [2.45, 2.75) is 4.90 Å². The zero-order chi connectivity index (χ0) is 21.8. The number of aromatic nitrogens is 1. The van der Waals surface area contributed by atoms with E-state index in [9.17, 15) is 13.2 Å². The molecule has 0 unspecified atom stereocenters. The van der Waals surface area contributed by atoms with Crippen molar-refractivity contribution in [3.8, 4) is 0 Å². The van der Waals surface area contributed by atoms with Gasteiger partial charge in [-0.2, -0.15) is 9.41 Å². The van der Waals surface area contributed by atoms with Crippen molar-refractivity contribution in [3.05, 3.63) is 64.8 Å². The Hall–Kier alpha value is -2.53. The molecule has 4 rings (SSSR count). The number of carbonyl (C=O) groups excluding carboxylic acids is 1. The van der Waals surface area contributed by atoms with Gasteiger partial charge in [0.05, 0.1) is 17.7 Å². The van der Waals surface area contributed by atoms with Gasteiger partial charge < -0.3 is 4.98 Å². The molecule has 0 radical (unpaired) electrons. The minimum Gasteiger partial charge on any atom is -0.361 e. The van der Waals surface area contributed by atoms with Crippen molar-refractivity contribution < 1.29 is 13.2 Å². The molecule has 10 heteroatoms. The lowest BCUT2D eigenvalue weighted by molar-refractivity contribution is -0.122. The highest BCUT2D eigenvalue weighted by molar-refractivity contribution is 9.10. The highest BCUT2D eigenvalue weighted by Crippen LogP contribution is 2.20. The number of para-hydroxylation sites is 1. The van der Waals surface area contributed by atoms with Crippen molar-refractivity contribution in [1.29, 1.82) is 0 Å². The topological polar surface area (TPSA) is 97.9 Å². The van der Waals surface area contributed by atoms with Crippen LogP contribution in [0.1, 0.15) is 5.56 Å². The van der Waals surface area contributed by atoms with Gasteiger partial charge in [-0.15, -0.1) is 0 Å². The molecule has 1 aliphatic rings. The van der Waals surface area contributed by atoms with E-state index in [-0.39, 0.29) is 17.3 Å². The van der Waals surface area contributed by atoms with E-state index < -0.39 is 10.0 Å². The number of sulfonamides is 1. The molecule has 2 heterocycles. The first-order valence-corrected chi connectivity index (χ1v) is 12.0. The molecule has 0 aliphatic carbocycles. The Balaban J connectivity index is 1.27. The van der Waals surface area contributed by atoms with Crippen LogP contribution >= 0.6 is 15.9 Å². The van der Waals surface area contributed by atoms with Crippen LogP contribution in [0.3, 0.4) is 0 Å². The molecule has 2 aromatic carbocycles. The van der Waals surface area contributed by atoms with E-state index in [1.54, 1.807) is 30.5 Å². The number of aromatic amines is 1. The Morgan fingerprint density at radius 3 is 2.55 bits per heavy atom. The number of hydrogen-bond acceptors (Lipinski definition) is 5. The Morgan fingerprint density at radius 2 is 1.81 bits per heavy atom. The molecule has 1 amide bonds. The monoisotopic (exact) mass is 503 g/mol. The molecule has 0 saturated carbocycles. The third kappa shape index (κ3) is 5.04. The average molecular weight is 504 g/mol. The van der Waals surface area contributed by atoms with E-state index in [1.807, 2.05) is 35.4 Å². The predicted octanol–water partition coefficient (Wildman–Crippen LogP) is 2.39. The lowest BCUT2D eigenvalue weighted by Crippen LogP contribution is -2.50. The van der Waals surface area contributed by atoms with Gasteiger partial charge in [0.1, 0.15) is 0 Å². The van der Waals surface area contributed by atoms with Gasteiger partial charge in [-0.1, -0.05) is 34.1 Å². The Labute approximate surface area is 189 Å². The fourth-order valence-electron chi connectivity index (χ4n) is 3.50. The minimum atomic E-state index is -3.53. The number of carbonyl (C=O) groups is 1. The van der Waals surface area contributed by atoms with E-state index in [2.05, 4.69) is 31.4 Å². The molecule has 162 valence electrons. The molecule has 0 spiro atoms. The van der Waals surface area contributed by atoms with Gasteiger partial charge in [-0.3, -0.25) is 9.69 Å². The first-order valence-electron chi connectivity index (χ1n) is 9.79. The second-order valence-corrected chi connectivity index (χ2v) is 10.1. The summed E-state index contributed by atoms with van der Waals surface area (Å²) in [5.41, 5.74) is 4.44. The molecule has 1 aliphatic heterocycles. The van der Waals surface area contributed by atoms with Crippen LogP contribution in [-0.4, -0.2) is 67.5 Å². The lowest BCUT2D eigenvalue weighted by Gasteiger charge is -2.33. The van der Waals surface area contributed by atoms with Gasteiger partial charge in [0.25, 0.3) is 5.91 Å². The SMILES string of the molecule is O=C(CN1CCN(S(=O)(=O)c2ccc(Br)cc2)CC1)NN=Cc1c[nH]c2ccccc12. The Bertz CT molecular complexity index is 1200. The van der Waals surface area contributed by atoms with E-state index in [0.717, 1.165) is 20.9 Å². The average Bonchev–Trinajstić information content (AvgIpc) is 3.18. The number of H-pyrrole nitrogens is 1. The molecule has 0 atom stereocenters. The molecule has 0 bridgehead atoms. The lowest BCUT2D eigenvalue weighted by atomic mass is 10.2. The fraction of sp³-hybridized carbons (Fsp3) is 0.238. The van der Waals surface area contributed by atoms with Crippen molar-refractivity contribution in [1.82, 2.24) is 19.6 Å². The van der Waals surface area contributed by atoms with E-state index in [1.165, 1.54) is 4.31 Å². The second-order valence-electron chi connectivity index (χ2n) is 7.22. The van der Waals surface area contributed by atoms with E-state index in [4.69, 9.17) is 0 Å². The number of nitrogens with zero attached hydrogens (tertiary/aromatic N) is 3. The number of fused-ring (bicyclic) bond motifs is 1. The zero-order valence-corrected chi connectivity index (χ0v) is 19.1. The van der Waals surface area contributed by atoms with Crippen LogP contribution in [-0.2, 0) is 14.8 Å². The Morgan fingerprint density at radius 1 is 1.10 bits per heavy atom.